The van der Waals surface area contributed by atoms with Crippen LogP contribution in [0, 0.1) is 0 Å². The minimum atomic E-state index is -0.473. The van der Waals surface area contributed by atoms with E-state index in [4.69, 9.17) is 4.42 Å². The lowest BCUT2D eigenvalue weighted by atomic mass is 10.1. The second-order valence-corrected chi connectivity index (χ2v) is 9.09. The fraction of sp³-hybridized carbons (Fsp3) is 0.250. The molecule has 0 spiro atoms. The lowest BCUT2D eigenvalue weighted by Crippen LogP contribution is -2.38. The van der Waals surface area contributed by atoms with Crippen molar-refractivity contribution >= 4 is 33.2 Å². The quantitative estimate of drug-likeness (QED) is 0.370. The van der Waals surface area contributed by atoms with E-state index in [1.54, 1.807) is 23.6 Å². The van der Waals surface area contributed by atoms with Crippen molar-refractivity contribution in [2.45, 2.75) is 38.9 Å². The maximum atomic E-state index is 13.2. The van der Waals surface area contributed by atoms with Gasteiger partial charge in [0.2, 0.25) is 11.7 Å². The first-order chi connectivity index (χ1) is 16.5. The number of rotatable bonds is 8. The summed E-state index contributed by atoms with van der Waals surface area (Å²) >= 11 is 1.26. The van der Waals surface area contributed by atoms with E-state index in [1.807, 2.05) is 25.1 Å². The summed E-state index contributed by atoms with van der Waals surface area (Å²) in [6.07, 6.45) is 3.13. The fourth-order valence-corrected chi connectivity index (χ4v) is 4.82. The Morgan fingerprint density at radius 3 is 2.74 bits per heavy atom. The number of nitrogens with one attached hydrogen (secondary N) is 1. The van der Waals surface area contributed by atoms with E-state index in [1.165, 1.54) is 32.1 Å². The number of thiophene rings is 1. The van der Waals surface area contributed by atoms with E-state index in [2.05, 4.69) is 22.5 Å². The molecule has 34 heavy (non-hydrogen) atoms. The van der Waals surface area contributed by atoms with Gasteiger partial charge in [0.05, 0.1) is 18.3 Å². The Labute approximate surface area is 197 Å². The van der Waals surface area contributed by atoms with Gasteiger partial charge in [-0.25, -0.2) is 13.9 Å². The summed E-state index contributed by atoms with van der Waals surface area (Å²) in [7, 11) is 0. The number of amides is 1. The summed E-state index contributed by atoms with van der Waals surface area (Å²) in [6.45, 7) is 1.82. The van der Waals surface area contributed by atoms with Crippen molar-refractivity contribution in [3.63, 3.8) is 0 Å². The van der Waals surface area contributed by atoms with Crippen LogP contribution in [0.2, 0.25) is 0 Å². The van der Waals surface area contributed by atoms with Crippen LogP contribution in [0.15, 0.2) is 74.2 Å². The molecule has 174 valence electrons. The molecule has 1 atom stereocenters. The zero-order chi connectivity index (χ0) is 23.7. The molecule has 1 N–H and O–H groups in total. The smallest absolute Gasteiger partial charge is 0.352 e. The monoisotopic (exact) mass is 477 g/mol. The molecule has 0 saturated carbocycles. The second-order valence-electron chi connectivity index (χ2n) is 8.17. The molecule has 0 bridgehead atoms. The third-order valence-corrected chi connectivity index (χ3v) is 6.58. The molecule has 9 nitrogen and oxygen atoms in total. The Bertz CT molecular complexity index is 1560. The number of aryl methyl sites for hydroxylation is 1. The second kappa shape index (κ2) is 9.14. The Hall–Kier alpha value is -3.92. The highest BCUT2D eigenvalue weighted by molar-refractivity contribution is 7.17. The van der Waals surface area contributed by atoms with Gasteiger partial charge in [0.25, 0.3) is 5.56 Å². The summed E-state index contributed by atoms with van der Waals surface area (Å²) < 4.78 is 9.71. The minimum Gasteiger partial charge on any atom is -0.467 e. The molecule has 0 radical (unpaired) electrons. The third-order valence-electron chi connectivity index (χ3n) is 5.69. The molecule has 10 heteroatoms. The van der Waals surface area contributed by atoms with E-state index in [9.17, 15) is 14.4 Å². The highest BCUT2D eigenvalue weighted by Gasteiger charge is 2.20. The van der Waals surface area contributed by atoms with Crippen LogP contribution >= 0.6 is 11.3 Å². The van der Waals surface area contributed by atoms with Gasteiger partial charge in [-0.15, -0.1) is 16.4 Å². The largest absolute Gasteiger partial charge is 0.467 e. The highest BCUT2D eigenvalue weighted by atomic mass is 32.1. The van der Waals surface area contributed by atoms with E-state index >= 15 is 0 Å². The molecule has 5 rings (SSSR count). The number of carbonyl (C=O) groups is 1. The summed E-state index contributed by atoms with van der Waals surface area (Å²) in [5.41, 5.74) is 0.951. The Morgan fingerprint density at radius 2 is 1.97 bits per heavy atom. The van der Waals surface area contributed by atoms with Crippen LogP contribution in [-0.2, 0) is 24.3 Å². The van der Waals surface area contributed by atoms with Crippen LogP contribution < -0.4 is 16.6 Å². The van der Waals surface area contributed by atoms with Crippen LogP contribution in [0.1, 0.15) is 24.7 Å². The van der Waals surface area contributed by atoms with Crippen LogP contribution in [0.25, 0.3) is 16.0 Å². The highest BCUT2D eigenvalue weighted by Crippen LogP contribution is 2.18. The van der Waals surface area contributed by atoms with Crippen molar-refractivity contribution in [2.75, 3.05) is 0 Å². The topological polar surface area (TPSA) is 104 Å². The van der Waals surface area contributed by atoms with Crippen LogP contribution in [0.4, 0.5) is 0 Å². The Balaban J connectivity index is 1.40. The lowest BCUT2D eigenvalue weighted by Gasteiger charge is -2.13. The van der Waals surface area contributed by atoms with E-state index in [0.717, 1.165) is 17.5 Å². The van der Waals surface area contributed by atoms with Gasteiger partial charge in [0, 0.05) is 6.04 Å². The van der Waals surface area contributed by atoms with Crippen LogP contribution in [0.5, 0.6) is 0 Å². The van der Waals surface area contributed by atoms with Crippen molar-refractivity contribution in [2.24, 2.45) is 0 Å². The molecule has 0 aliphatic heterocycles. The Kier molecular flexibility index (Phi) is 5.89. The first-order valence-corrected chi connectivity index (χ1v) is 11.8. The van der Waals surface area contributed by atoms with Gasteiger partial charge in [-0.3, -0.25) is 14.2 Å². The minimum absolute atomic E-state index is 0.0684. The number of nitrogens with zero attached hydrogens (tertiary/aromatic N) is 4. The molecule has 1 amide bonds. The van der Waals surface area contributed by atoms with Crippen molar-refractivity contribution in [3.05, 3.63) is 92.3 Å². The SMILES string of the molecule is C[C@@H](CCc1ccccc1)NC(=O)Cn1nc2n(Cc3ccco3)c(=O)c3sccc3n2c1=O. The van der Waals surface area contributed by atoms with Gasteiger partial charge in [0.15, 0.2) is 0 Å². The van der Waals surface area contributed by atoms with E-state index < -0.39 is 5.69 Å². The molecule has 0 saturated heterocycles. The predicted octanol–water partition coefficient (Wildman–Crippen LogP) is 2.65. The lowest BCUT2D eigenvalue weighted by molar-refractivity contribution is -0.122. The van der Waals surface area contributed by atoms with Crippen molar-refractivity contribution in [1.82, 2.24) is 24.1 Å². The zero-order valence-electron chi connectivity index (χ0n) is 18.5. The van der Waals surface area contributed by atoms with Crippen molar-refractivity contribution in [3.8, 4) is 0 Å². The molecule has 0 unspecified atom stereocenters. The molecule has 4 aromatic heterocycles. The zero-order valence-corrected chi connectivity index (χ0v) is 19.3. The van der Waals surface area contributed by atoms with Crippen molar-refractivity contribution < 1.29 is 9.21 Å². The van der Waals surface area contributed by atoms with Gasteiger partial charge in [-0.05, 0) is 48.9 Å². The fourth-order valence-electron chi connectivity index (χ4n) is 3.99. The first-order valence-electron chi connectivity index (χ1n) is 11.0. The van der Waals surface area contributed by atoms with Crippen molar-refractivity contribution in [1.29, 1.82) is 0 Å². The van der Waals surface area contributed by atoms with Gasteiger partial charge < -0.3 is 9.73 Å². The number of hydrogen-bond donors (Lipinski definition) is 1. The average molecular weight is 478 g/mol. The number of hydrogen-bond acceptors (Lipinski definition) is 6. The number of fused-ring (bicyclic) bond motifs is 3. The number of benzene rings is 1. The molecular formula is C24H23N5O4S. The third kappa shape index (κ3) is 4.19. The summed E-state index contributed by atoms with van der Waals surface area (Å²) in [5.74, 6) is 0.418. The first kappa shape index (κ1) is 21.9. The summed E-state index contributed by atoms with van der Waals surface area (Å²) in [5, 5.41) is 9.05. The molecule has 4 heterocycles. The standard InChI is InChI=1S/C24H23N5O4S/c1-16(9-10-17-6-3-2-4-7-17)25-20(30)15-28-24(32)29-19-11-13-34-21(19)22(31)27(23(29)26-28)14-18-8-5-12-33-18/h2-8,11-13,16H,9-10,14-15H2,1H3,(H,25,30)/t16-/m0/s1. The summed E-state index contributed by atoms with van der Waals surface area (Å²) in [4.78, 5) is 39.0. The normalized spacial score (nSPS) is 12.4. The van der Waals surface area contributed by atoms with E-state index in [-0.39, 0.29) is 36.4 Å². The van der Waals surface area contributed by atoms with Crippen LogP contribution in [0.3, 0.4) is 0 Å². The summed E-state index contributed by atoms with van der Waals surface area (Å²) in [6, 6.07) is 15.2. The maximum absolute atomic E-state index is 13.2. The molecule has 0 fully saturated rings. The Morgan fingerprint density at radius 1 is 1.15 bits per heavy atom. The van der Waals surface area contributed by atoms with E-state index in [0.29, 0.717) is 16.0 Å². The van der Waals surface area contributed by atoms with Crippen LogP contribution in [-0.4, -0.2) is 30.7 Å². The number of aromatic nitrogens is 4. The average Bonchev–Trinajstić information content (AvgIpc) is 3.57. The maximum Gasteiger partial charge on any atom is 0.352 e. The van der Waals surface area contributed by atoms with Gasteiger partial charge >= 0.3 is 5.69 Å². The molecule has 0 aliphatic carbocycles. The number of carbonyl (C=O) groups excluding carboxylic acids is 1. The molecule has 5 aromatic rings. The molecule has 0 aliphatic rings. The number of furan rings is 1. The molecule has 1 aromatic carbocycles. The van der Waals surface area contributed by atoms with Gasteiger partial charge in [-0.1, -0.05) is 30.3 Å². The molecular weight excluding hydrogens is 454 g/mol. The predicted molar refractivity (Wildman–Crippen MR) is 129 cm³/mol. The van der Waals surface area contributed by atoms with Gasteiger partial charge in [-0.2, -0.15) is 0 Å². The van der Waals surface area contributed by atoms with Gasteiger partial charge in [0.1, 0.15) is 17.0 Å².